The van der Waals surface area contributed by atoms with E-state index in [4.69, 9.17) is 23.7 Å². The molecule has 0 aromatic rings. The summed E-state index contributed by atoms with van der Waals surface area (Å²) in [4.78, 5) is 12.0. The van der Waals surface area contributed by atoms with Crippen LogP contribution in [0.3, 0.4) is 0 Å². The summed E-state index contributed by atoms with van der Waals surface area (Å²) in [7, 11) is 3.13. The van der Waals surface area contributed by atoms with Crippen molar-refractivity contribution in [2.24, 2.45) is 0 Å². The molecule has 0 fully saturated rings. The molecule has 0 N–H and O–H groups in total. The molecule has 0 aromatic heterocycles. The van der Waals surface area contributed by atoms with E-state index in [1.165, 1.54) is 0 Å². The van der Waals surface area contributed by atoms with Gasteiger partial charge in [0.15, 0.2) is 0 Å². The Hall–Kier alpha value is -0.530. The molecule has 0 aliphatic carbocycles. The third kappa shape index (κ3) is 7.73. The lowest BCUT2D eigenvalue weighted by molar-refractivity contribution is -0.184. The molecule has 1 unspecified atom stereocenters. The molecule has 0 rings (SSSR count). The van der Waals surface area contributed by atoms with Crippen LogP contribution in [-0.2, 0) is 28.5 Å². The molecule has 0 aliphatic rings. The van der Waals surface area contributed by atoms with Gasteiger partial charge in [-0.05, 0) is 13.8 Å². The van der Waals surface area contributed by atoms with E-state index in [1.807, 2.05) is 6.92 Å². The van der Waals surface area contributed by atoms with Crippen LogP contribution in [0.2, 0.25) is 0 Å². The summed E-state index contributed by atoms with van der Waals surface area (Å²) >= 11 is 0. The lowest BCUT2D eigenvalue weighted by Crippen LogP contribution is -2.37. The average Bonchev–Trinajstić information content (AvgIpc) is 2.37. The van der Waals surface area contributed by atoms with E-state index in [0.29, 0.717) is 33.0 Å². The molecule has 0 heterocycles. The van der Waals surface area contributed by atoms with Crippen molar-refractivity contribution in [3.63, 3.8) is 0 Å². The molecular formula is C12H24O6. The fourth-order valence-electron chi connectivity index (χ4n) is 1.21. The number of carbonyl (C=O) groups excluding carboxylic acids is 1. The quantitative estimate of drug-likeness (QED) is 0.380. The van der Waals surface area contributed by atoms with Gasteiger partial charge in [-0.15, -0.1) is 0 Å². The third-order valence-electron chi connectivity index (χ3n) is 2.16. The molecule has 0 saturated heterocycles. The summed E-state index contributed by atoms with van der Waals surface area (Å²) in [5.41, 5.74) is 0. The summed E-state index contributed by atoms with van der Waals surface area (Å²) in [5, 5.41) is 0. The highest BCUT2D eigenvalue weighted by molar-refractivity contribution is 5.85. The van der Waals surface area contributed by atoms with Gasteiger partial charge in [0.2, 0.25) is 12.1 Å². The van der Waals surface area contributed by atoms with Gasteiger partial charge in [0.1, 0.15) is 6.10 Å². The first-order valence-corrected chi connectivity index (χ1v) is 6.03. The Bertz CT molecular complexity index is 199. The van der Waals surface area contributed by atoms with Gasteiger partial charge in [-0.1, -0.05) is 0 Å². The normalized spacial score (nSPS) is 12.9. The van der Waals surface area contributed by atoms with Crippen LogP contribution in [0.15, 0.2) is 0 Å². The van der Waals surface area contributed by atoms with Crippen LogP contribution in [-0.4, -0.2) is 65.4 Å². The van der Waals surface area contributed by atoms with Crippen LogP contribution < -0.4 is 0 Å². The van der Waals surface area contributed by atoms with Gasteiger partial charge in [0.25, 0.3) is 0 Å². The van der Waals surface area contributed by atoms with Gasteiger partial charge >= 0.3 is 0 Å². The molecule has 0 amide bonds. The van der Waals surface area contributed by atoms with Crippen molar-refractivity contribution in [1.29, 1.82) is 0 Å². The van der Waals surface area contributed by atoms with Crippen molar-refractivity contribution in [1.82, 2.24) is 0 Å². The number of rotatable bonds is 12. The van der Waals surface area contributed by atoms with Crippen molar-refractivity contribution in [3.8, 4) is 0 Å². The predicted octanol–water partition coefficient (Wildman–Crippen LogP) is 0.633. The first-order chi connectivity index (χ1) is 8.67. The van der Waals surface area contributed by atoms with Crippen molar-refractivity contribution >= 4 is 5.78 Å². The summed E-state index contributed by atoms with van der Waals surface area (Å²) < 4.78 is 25.6. The van der Waals surface area contributed by atoms with Crippen LogP contribution in [0.4, 0.5) is 0 Å². The number of hydrogen-bond acceptors (Lipinski definition) is 6. The lowest BCUT2D eigenvalue weighted by atomic mass is 10.2. The van der Waals surface area contributed by atoms with E-state index in [2.05, 4.69) is 0 Å². The zero-order valence-corrected chi connectivity index (χ0v) is 11.6. The van der Waals surface area contributed by atoms with Crippen molar-refractivity contribution in [2.45, 2.75) is 26.2 Å². The molecule has 1 atom stereocenters. The van der Waals surface area contributed by atoms with Gasteiger partial charge in [-0.2, -0.15) is 0 Å². The zero-order chi connectivity index (χ0) is 13.8. The van der Waals surface area contributed by atoms with E-state index in [-0.39, 0.29) is 5.78 Å². The summed E-state index contributed by atoms with van der Waals surface area (Å²) in [6, 6.07) is 0. The van der Waals surface area contributed by atoms with Gasteiger partial charge in [-0.25, -0.2) is 0 Å². The fraction of sp³-hybridized carbons (Fsp3) is 0.917. The zero-order valence-electron chi connectivity index (χ0n) is 11.6. The Morgan fingerprint density at radius 3 is 1.83 bits per heavy atom. The number of hydrogen-bond donors (Lipinski definition) is 0. The third-order valence-corrected chi connectivity index (χ3v) is 2.16. The highest BCUT2D eigenvalue weighted by Crippen LogP contribution is 2.04. The van der Waals surface area contributed by atoms with Crippen LogP contribution in [0, 0.1) is 0 Å². The Balaban J connectivity index is 4.19. The lowest BCUT2D eigenvalue weighted by Gasteiger charge is -2.20. The molecule has 6 heteroatoms. The van der Waals surface area contributed by atoms with E-state index in [1.54, 1.807) is 21.1 Å². The maximum absolute atomic E-state index is 12.0. The minimum atomic E-state index is -0.933. The standard InChI is InChI=1S/C12H24O6/c1-5-16-10(2)11(13)12(17-8-6-14-3)18-9-7-15-4/h10,12H,5-9H2,1-4H3. The van der Waals surface area contributed by atoms with E-state index in [9.17, 15) is 4.79 Å². The minimum Gasteiger partial charge on any atom is -0.382 e. The average molecular weight is 264 g/mol. The number of ether oxygens (including phenoxy) is 5. The van der Waals surface area contributed by atoms with Gasteiger partial charge < -0.3 is 23.7 Å². The Kier molecular flexibility index (Phi) is 11.2. The maximum Gasteiger partial charge on any atom is 0.220 e. The molecule has 0 spiro atoms. The Morgan fingerprint density at radius 1 is 0.944 bits per heavy atom. The van der Waals surface area contributed by atoms with Gasteiger partial charge in [0.05, 0.1) is 26.4 Å². The Morgan fingerprint density at radius 2 is 1.44 bits per heavy atom. The molecule has 0 aliphatic heterocycles. The summed E-state index contributed by atoms with van der Waals surface area (Å²) in [6.45, 7) is 5.36. The highest BCUT2D eigenvalue weighted by Gasteiger charge is 2.25. The van der Waals surface area contributed by atoms with Crippen LogP contribution in [0.5, 0.6) is 0 Å². The monoisotopic (exact) mass is 264 g/mol. The predicted molar refractivity (Wildman–Crippen MR) is 65.5 cm³/mol. The van der Waals surface area contributed by atoms with Crippen molar-refractivity contribution in [3.05, 3.63) is 0 Å². The summed E-state index contributed by atoms with van der Waals surface area (Å²) in [5.74, 6) is -0.232. The Labute approximate surface area is 108 Å². The molecule has 0 bridgehead atoms. The summed E-state index contributed by atoms with van der Waals surface area (Å²) in [6.07, 6.45) is -1.48. The first kappa shape index (κ1) is 17.5. The van der Waals surface area contributed by atoms with Crippen LogP contribution >= 0.6 is 0 Å². The first-order valence-electron chi connectivity index (χ1n) is 6.03. The molecule has 0 saturated carbocycles. The van der Waals surface area contributed by atoms with E-state index in [0.717, 1.165) is 0 Å². The van der Waals surface area contributed by atoms with E-state index < -0.39 is 12.4 Å². The molecule has 108 valence electrons. The van der Waals surface area contributed by atoms with E-state index >= 15 is 0 Å². The van der Waals surface area contributed by atoms with Crippen molar-refractivity contribution in [2.75, 3.05) is 47.3 Å². The second kappa shape index (κ2) is 11.6. The second-order valence-electron chi connectivity index (χ2n) is 3.56. The minimum absolute atomic E-state index is 0.232. The van der Waals surface area contributed by atoms with Crippen LogP contribution in [0.25, 0.3) is 0 Å². The highest BCUT2D eigenvalue weighted by atomic mass is 16.7. The number of ketones is 1. The maximum atomic E-state index is 12.0. The topological polar surface area (TPSA) is 63.2 Å². The number of Topliss-reactive ketones (excluding diaryl/α,β-unsaturated/α-hetero) is 1. The van der Waals surface area contributed by atoms with Gasteiger partial charge in [0, 0.05) is 20.8 Å². The largest absolute Gasteiger partial charge is 0.382 e. The fourth-order valence-corrected chi connectivity index (χ4v) is 1.21. The van der Waals surface area contributed by atoms with Crippen molar-refractivity contribution < 1.29 is 28.5 Å². The SMILES string of the molecule is CCOC(C)C(=O)C(OCCOC)OCCOC. The molecule has 6 nitrogen and oxygen atoms in total. The number of methoxy groups -OCH3 is 2. The van der Waals surface area contributed by atoms with Gasteiger partial charge in [-0.3, -0.25) is 4.79 Å². The molecular weight excluding hydrogens is 240 g/mol. The van der Waals surface area contributed by atoms with Crippen LogP contribution in [0.1, 0.15) is 13.8 Å². The smallest absolute Gasteiger partial charge is 0.220 e. The number of carbonyl (C=O) groups is 1. The molecule has 18 heavy (non-hydrogen) atoms. The molecule has 0 radical (unpaired) electrons. The second-order valence-corrected chi connectivity index (χ2v) is 3.56. The molecule has 0 aromatic carbocycles.